The summed E-state index contributed by atoms with van der Waals surface area (Å²) in [5.41, 5.74) is -0.0653. The van der Waals surface area contributed by atoms with Gasteiger partial charge in [-0.05, 0) is 6.07 Å². The Balaban J connectivity index is 1.77. The number of carbonyl (C=O) groups excluding carboxylic acids is 1. The van der Waals surface area contributed by atoms with E-state index in [-0.39, 0.29) is 23.4 Å². The molecule has 0 unspecified atom stereocenters. The number of methoxy groups -OCH3 is 1. The van der Waals surface area contributed by atoms with Crippen LogP contribution in [0.15, 0.2) is 24.8 Å². The lowest BCUT2D eigenvalue weighted by molar-refractivity contribution is -0.231. The van der Waals surface area contributed by atoms with Crippen LogP contribution in [0.3, 0.4) is 0 Å². The maximum absolute atomic E-state index is 12.3. The van der Waals surface area contributed by atoms with Gasteiger partial charge in [-0.25, -0.2) is 9.78 Å². The summed E-state index contributed by atoms with van der Waals surface area (Å²) < 4.78 is 17.8. The number of nitrogens with zero attached hydrogens (tertiary/aromatic N) is 2. The predicted octanol–water partition coefficient (Wildman–Crippen LogP) is -0.296. The standard InChI is InChI=1S/C17H18N2O8/c1-25-14-8(20)4-7-10(12(14)22)15-16(27-17(7)24)13(23)11(21)9(26-15)5-19-3-2-18-6-19/h2-4,6,9,11,13,15-16,20-23H,5H2,1H3/t9-,11-,13+,15+,16-/m1/s1. The number of phenols is 2. The Morgan fingerprint density at radius 2 is 2.07 bits per heavy atom. The summed E-state index contributed by atoms with van der Waals surface area (Å²) in [7, 11) is 1.25. The summed E-state index contributed by atoms with van der Waals surface area (Å²) in [5.74, 6) is -2.00. The molecule has 2 aromatic rings. The van der Waals surface area contributed by atoms with E-state index in [0.29, 0.717) is 0 Å². The van der Waals surface area contributed by atoms with Gasteiger partial charge in [0, 0.05) is 18.0 Å². The van der Waals surface area contributed by atoms with Crippen molar-refractivity contribution in [2.75, 3.05) is 7.11 Å². The van der Waals surface area contributed by atoms with Crippen molar-refractivity contribution in [1.29, 1.82) is 0 Å². The second-order valence-electron chi connectivity index (χ2n) is 6.44. The number of benzene rings is 1. The molecule has 0 bridgehead atoms. The highest BCUT2D eigenvalue weighted by Crippen LogP contribution is 2.49. The average Bonchev–Trinajstić information content (AvgIpc) is 3.14. The van der Waals surface area contributed by atoms with Gasteiger partial charge in [-0.15, -0.1) is 0 Å². The minimum atomic E-state index is -1.44. The number of phenolic OH excluding ortho intramolecular Hbond substituents is 2. The molecule has 10 nitrogen and oxygen atoms in total. The molecule has 1 saturated heterocycles. The number of carbonyl (C=O) groups is 1. The van der Waals surface area contributed by atoms with Gasteiger partial charge in [-0.3, -0.25) is 0 Å². The van der Waals surface area contributed by atoms with E-state index in [1.54, 1.807) is 17.0 Å². The molecule has 0 saturated carbocycles. The van der Waals surface area contributed by atoms with Crippen LogP contribution >= 0.6 is 0 Å². The molecule has 2 aliphatic rings. The van der Waals surface area contributed by atoms with Crippen LogP contribution in [0.4, 0.5) is 0 Å². The molecule has 2 aliphatic heterocycles. The summed E-state index contributed by atoms with van der Waals surface area (Å²) in [6.07, 6.45) is -1.15. The Kier molecular flexibility index (Phi) is 4.17. The number of rotatable bonds is 3. The summed E-state index contributed by atoms with van der Waals surface area (Å²) in [6.45, 7) is 0.181. The minimum Gasteiger partial charge on any atom is -0.504 e. The van der Waals surface area contributed by atoms with E-state index in [4.69, 9.17) is 14.2 Å². The molecule has 1 fully saturated rings. The fraction of sp³-hybridized carbons (Fsp3) is 0.412. The lowest BCUT2D eigenvalue weighted by atomic mass is 9.86. The summed E-state index contributed by atoms with van der Waals surface area (Å²) in [5, 5.41) is 41.4. The topological polar surface area (TPSA) is 144 Å². The van der Waals surface area contributed by atoms with Crippen molar-refractivity contribution in [3.63, 3.8) is 0 Å². The summed E-state index contributed by atoms with van der Waals surface area (Å²) >= 11 is 0. The number of hydrogen-bond donors (Lipinski definition) is 4. The molecule has 0 amide bonds. The third-order valence-corrected chi connectivity index (χ3v) is 4.86. The van der Waals surface area contributed by atoms with E-state index in [2.05, 4.69) is 4.98 Å². The maximum atomic E-state index is 12.3. The van der Waals surface area contributed by atoms with E-state index in [1.807, 2.05) is 0 Å². The monoisotopic (exact) mass is 378 g/mol. The van der Waals surface area contributed by atoms with Gasteiger partial charge in [0.2, 0.25) is 5.75 Å². The van der Waals surface area contributed by atoms with Crippen LogP contribution in [0.5, 0.6) is 17.2 Å². The fourth-order valence-corrected chi connectivity index (χ4v) is 3.55. The molecule has 3 heterocycles. The molecule has 4 rings (SSSR count). The first-order valence-corrected chi connectivity index (χ1v) is 8.23. The Morgan fingerprint density at radius 3 is 2.74 bits per heavy atom. The van der Waals surface area contributed by atoms with Gasteiger partial charge in [0.05, 0.1) is 25.5 Å². The summed E-state index contributed by atoms with van der Waals surface area (Å²) in [4.78, 5) is 16.2. The average molecular weight is 378 g/mol. The van der Waals surface area contributed by atoms with Gasteiger partial charge in [-0.1, -0.05) is 0 Å². The smallest absolute Gasteiger partial charge is 0.339 e. The zero-order valence-corrected chi connectivity index (χ0v) is 14.2. The molecule has 0 spiro atoms. The number of aliphatic hydroxyl groups is 2. The van der Waals surface area contributed by atoms with E-state index in [1.165, 1.54) is 13.4 Å². The number of ether oxygens (including phenoxy) is 3. The first-order valence-electron chi connectivity index (χ1n) is 8.23. The van der Waals surface area contributed by atoms with Crippen LogP contribution in [0.25, 0.3) is 0 Å². The van der Waals surface area contributed by atoms with E-state index in [9.17, 15) is 25.2 Å². The van der Waals surface area contributed by atoms with Gasteiger partial charge < -0.3 is 39.2 Å². The fourth-order valence-electron chi connectivity index (χ4n) is 3.55. The largest absolute Gasteiger partial charge is 0.504 e. The highest BCUT2D eigenvalue weighted by molar-refractivity contribution is 5.95. The molecule has 144 valence electrons. The number of imidazole rings is 1. The van der Waals surface area contributed by atoms with Gasteiger partial charge in [0.15, 0.2) is 17.6 Å². The second-order valence-corrected chi connectivity index (χ2v) is 6.44. The molecule has 4 N–H and O–H groups in total. The molecule has 0 radical (unpaired) electrons. The predicted molar refractivity (Wildman–Crippen MR) is 87.4 cm³/mol. The lowest BCUT2D eigenvalue weighted by Gasteiger charge is -2.45. The van der Waals surface area contributed by atoms with E-state index >= 15 is 0 Å². The van der Waals surface area contributed by atoms with Gasteiger partial charge in [0.25, 0.3) is 0 Å². The number of aromatic hydroxyl groups is 2. The third kappa shape index (κ3) is 2.69. The van der Waals surface area contributed by atoms with Crippen LogP contribution in [-0.4, -0.2) is 67.5 Å². The van der Waals surface area contributed by atoms with Crippen molar-refractivity contribution in [2.24, 2.45) is 0 Å². The molecule has 10 heteroatoms. The van der Waals surface area contributed by atoms with Crippen LogP contribution in [0.1, 0.15) is 22.0 Å². The second kappa shape index (κ2) is 6.41. The third-order valence-electron chi connectivity index (χ3n) is 4.86. The molecule has 1 aromatic heterocycles. The lowest BCUT2D eigenvalue weighted by Crippen LogP contribution is -2.58. The van der Waals surface area contributed by atoms with Crippen molar-refractivity contribution >= 4 is 5.97 Å². The number of esters is 1. The van der Waals surface area contributed by atoms with E-state index in [0.717, 1.165) is 6.07 Å². The van der Waals surface area contributed by atoms with Gasteiger partial charge in [-0.2, -0.15) is 0 Å². The van der Waals surface area contributed by atoms with Crippen LogP contribution < -0.4 is 4.74 Å². The number of hydrogen-bond acceptors (Lipinski definition) is 9. The van der Waals surface area contributed by atoms with Crippen molar-refractivity contribution < 1.29 is 39.4 Å². The SMILES string of the molecule is COc1c(O)cc2c(c1O)[C@@H]1O[C@H](Cn3ccnc3)[C@@H](O)[C@H](O)[C@H]1OC2=O. The van der Waals surface area contributed by atoms with Crippen molar-refractivity contribution in [2.45, 2.75) is 37.1 Å². The first-order chi connectivity index (χ1) is 12.9. The minimum absolute atomic E-state index is 0.0347. The Labute approximate surface area is 153 Å². The highest BCUT2D eigenvalue weighted by atomic mass is 16.6. The van der Waals surface area contributed by atoms with Crippen molar-refractivity contribution in [3.05, 3.63) is 35.9 Å². The maximum Gasteiger partial charge on any atom is 0.339 e. The quantitative estimate of drug-likeness (QED) is 0.529. The van der Waals surface area contributed by atoms with Gasteiger partial charge >= 0.3 is 5.97 Å². The number of aromatic nitrogens is 2. The molecular formula is C17H18N2O8. The van der Waals surface area contributed by atoms with Crippen molar-refractivity contribution in [1.82, 2.24) is 9.55 Å². The van der Waals surface area contributed by atoms with E-state index < -0.39 is 48.0 Å². The molecule has 1 aromatic carbocycles. The number of aliphatic hydroxyl groups excluding tert-OH is 2. The van der Waals surface area contributed by atoms with Crippen molar-refractivity contribution in [3.8, 4) is 17.2 Å². The molecule has 0 aliphatic carbocycles. The first kappa shape index (κ1) is 17.6. The van der Waals surface area contributed by atoms with Gasteiger partial charge in [0.1, 0.15) is 24.4 Å². The van der Waals surface area contributed by atoms with Crippen LogP contribution in [-0.2, 0) is 16.0 Å². The summed E-state index contributed by atoms with van der Waals surface area (Å²) in [6, 6.07) is 1.11. The Bertz CT molecular complexity index is 868. The normalized spacial score (nSPS) is 29.6. The van der Waals surface area contributed by atoms with Crippen LogP contribution in [0, 0.1) is 0 Å². The Hall–Kier alpha value is -2.82. The van der Waals surface area contributed by atoms with Crippen LogP contribution in [0.2, 0.25) is 0 Å². The zero-order chi connectivity index (χ0) is 19.3. The Morgan fingerprint density at radius 1 is 1.30 bits per heavy atom. The molecular weight excluding hydrogens is 360 g/mol. The zero-order valence-electron chi connectivity index (χ0n) is 14.2. The highest BCUT2D eigenvalue weighted by Gasteiger charge is 2.52. The number of fused-ring (bicyclic) bond motifs is 3. The molecule has 27 heavy (non-hydrogen) atoms. The molecule has 5 atom stereocenters.